The van der Waals surface area contributed by atoms with Crippen LogP contribution in [0.3, 0.4) is 0 Å². The molecule has 0 unspecified atom stereocenters. The summed E-state index contributed by atoms with van der Waals surface area (Å²) in [6.07, 6.45) is 1.57. The van der Waals surface area contributed by atoms with Crippen molar-refractivity contribution in [2.45, 2.75) is 0 Å². The monoisotopic (exact) mass is 341 g/mol. The Balaban J connectivity index is 2.31. The molecule has 102 valence electrons. The molecule has 3 rings (SSSR count). The minimum Gasteiger partial charge on any atom is -0.478 e. The van der Waals surface area contributed by atoms with Crippen molar-refractivity contribution in [1.82, 2.24) is 9.55 Å². The zero-order chi connectivity index (χ0) is 15.0. The Morgan fingerprint density at radius 1 is 1.33 bits per heavy atom. The zero-order valence-electron chi connectivity index (χ0n) is 10.6. The fourth-order valence-corrected chi connectivity index (χ4v) is 2.76. The molecule has 0 saturated carbocycles. The van der Waals surface area contributed by atoms with Crippen LogP contribution in [0.4, 0.5) is 0 Å². The molecular formula is C15H8BrN3O2. The predicted octanol–water partition coefficient (Wildman–Crippen LogP) is 3.36. The van der Waals surface area contributed by atoms with E-state index in [0.717, 1.165) is 5.69 Å². The van der Waals surface area contributed by atoms with Crippen LogP contribution in [0.1, 0.15) is 15.9 Å². The van der Waals surface area contributed by atoms with E-state index in [4.69, 9.17) is 5.26 Å². The lowest BCUT2D eigenvalue weighted by Crippen LogP contribution is -2.02. The smallest absolute Gasteiger partial charge is 0.337 e. The summed E-state index contributed by atoms with van der Waals surface area (Å²) < 4.78 is 2.39. The zero-order valence-corrected chi connectivity index (χ0v) is 12.2. The molecule has 0 radical (unpaired) electrons. The molecule has 0 amide bonds. The molecule has 5 nitrogen and oxygen atoms in total. The van der Waals surface area contributed by atoms with Gasteiger partial charge in [-0.3, -0.25) is 4.57 Å². The van der Waals surface area contributed by atoms with Gasteiger partial charge in [-0.25, -0.2) is 9.78 Å². The third kappa shape index (κ3) is 2.18. The van der Waals surface area contributed by atoms with Gasteiger partial charge in [-0.05, 0) is 46.3 Å². The van der Waals surface area contributed by atoms with Crippen LogP contribution in [0, 0.1) is 11.3 Å². The average Bonchev–Trinajstić information content (AvgIpc) is 2.90. The van der Waals surface area contributed by atoms with Crippen LogP contribution in [0.25, 0.3) is 16.7 Å². The van der Waals surface area contributed by atoms with Gasteiger partial charge in [0.2, 0.25) is 0 Å². The maximum atomic E-state index is 11.4. The van der Waals surface area contributed by atoms with Crippen molar-refractivity contribution in [2.24, 2.45) is 0 Å². The van der Waals surface area contributed by atoms with Crippen molar-refractivity contribution in [3.05, 3.63) is 58.3 Å². The van der Waals surface area contributed by atoms with Gasteiger partial charge in [0.15, 0.2) is 0 Å². The van der Waals surface area contributed by atoms with Crippen LogP contribution in [0.2, 0.25) is 0 Å². The number of benzene rings is 2. The maximum Gasteiger partial charge on any atom is 0.337 e. The number of carboxylic acid groups (broad SMARTS) is 1. The van der Waals surface area contributed by atoms with Gasteiger partial charge in [-0.2, -0.15) is 5.26 Å². The first-order valence-corrected chi connectivity index (χ1v) is 6.80. The van der Waals surface area contributed by atoms with Crippen molar-refractivity contribution in [3.8, 4) is 11.8 Å². The third-order valence-electron chi connectivity index (χ3n) is 3.13. The standard InChI is InChI=1S/C15H8BrN3O2/c16-11-6-9(7-17)4-5-13(11)19-8-18-12-3-1-2-10(14(12)19)15(20)21/h1-6,8H,(H,20,21). The molecule has 3 aromatic rings. The van der Waals surface area contributed by atoms with Crippen LogP contribution < -0.4 is 0 Å². The lowest BCUT2D eigenvalue weighted by Gasteiger charge is -2.09. The number of aromatic nitrogens is 2. The summed E-state index contributed by atoms with van der Waals surface area (Å²) in [5.74, 6) is -1.01. The second-order valence-electron chi connectivity index (χ2n) is 4.37. The number of aromatic carboxylic acids is 1. The maximum absolute atomic E-state index is 11.4. The van der Waals surface area contributed by atoms with E-state index < -0.39 is 5.97 Å². The Kier molecular flexibility index (Phi) is 3.20. The minimum atomic E-state index is -1.01. The van der Waals surface area contributed by atoms with E-state index >= 15 is 0 Å². The Morgan fingerprint density at radius 2 is 2.14 bits per heavy atom. The lowest BCUT2D eigenvalue weighted by atomic mass is 10.1. The SMILES string of the molecule is N#Cc1ccc(-n2cnc3cccc(C(=O)O)c32)c(Br)c1. The highest BCUT2D eigenvalue weighted by molar-refractivity contribution is 9.10. The summed E-state index contributed by atoms with van der Waals surface area (Å²) in [6, 6.07) is 12.1. The largest absolute Gasteiger partial charge is 0.478 e. The summed E-state index contributed by atoms with van der Waals surface area (Å²) >= 11 is 3.41. The molecule has 0 spiro atoms. The summed E-state index contributed by atoms with van der Waals surface area (Å²) in [5, 5.41) is 18.2. The van der Waals surface area contributed by atoms with E-state index in [-0.39, 0.29) is 5.56 Å². The van der Waals surface area contributed by atoms with Crippen molar-refractivity contribution < 1.29 is 9.90 Å². The fraction of sp³-hybridized carbons (Fsp3) is 0. The Labute approximate surface area is 128 Å². The van der Waals surface area contributed by atoms with Gasteiger partial charge < -0.3 is 5.11 Å². The van der Waals surface area contributed by atoms with E-state index in [1.807, 2.05) is 0 Å². The van der Waals surface area contributed by atoms with Crippen LogP contribution in [0.15, 0.2) is 47.2 Å². The predicted molar refractivity (Wildman–Crippen MR) is 80.4 cm³/mol. The number of nitrogens with zero attached hydrogens (tertiary/aromatic N) is 3. The molecule has 1 heterocycles. The van der Waals surface area contributed by atoms with Crippen LogP contribution >= 0.6 is 15.9 Å². The van der Waals surface area contributed by atoms with Crippen molar-refractivity contribution in [3.63, 3.8) is 0 Å². The molecular weight excluding hydrogens is 334 g/mol. The van der Waals surface area contributed by atoms with Gasteiger partial charge in [-0.1, -0.05) is 6.07 Å². The summed E-state index contributed by atoms with van der Waals surface area (Å²) in [5.41, 5.74) is 2.56. The average molecular weight is 342 g/mol. The van der Waals surface area contributed by atoms with Crippen LogP contribution in [-0.4, -0.2) is 20.6 Å². The van der Waals surface area contributed by atoms with E-state index in [1.165, 1.54) is 0 Å². The Hall–Kier alpha value is -2.65. The number of para-hydroxylation sites is 1. The second-order valence-corrected chi connectivity index (χ2v) is 5.23. The minimum absolute atomic E-state index is 0.182. The molecule has 0 aliphatic heterocycles. The quantitative estimate of drug-likeness (QED) is 0.775. The molecule has 1 aromatic heterocycles. The normalized spacial score (nSPS) is 10.5. The number of carbonyl (C=O) groups is 1. The number of nitriles is 1. The number of imidazole rings is 1. The third-order valence-corrected chi connectivity index (χ3v) is 3.77. The molecule has 6 heteroatoms. The number of fused-ring (bicyclic) bond motifs is 1. The molecule has 0 aliphatic rings. The van der Waals surface area contributed by atoms with E-state index in [9.17, 15) is 9.90 Å². The van der Waals surface area contributed by atoms with E-state index in [0.29, 0.717) is 21.1 Å². The van der Waals surface area contributed by atoms with Gasteiger partial charge in [0.1, 0.15) is 6.33 Å². The number of hydrogen-bond donors (Lipinski definition) is 1. The Morgan fingerprint density at radius 3 is 2.81 bits per heavy atom. The van der Waals surface area contributed by atoms with E-state index in [2.05, 4.69) is 27.0 Å². The highest BCUT2D eigenvalue weighted by Crippen LogP contribution is 2.27. The molecule has 0 fully saturated rings. The van der Waals surface area contributed by atoms with Gasteiger partial charge in [0, 0.05) is 4.47 Å². The number of hydrogen-bond acceptors (Lipinski definition) is 3. The number of carboxylic acids is 1. The number of rotatable bonds is 2. The highest BCUT2D eigenvalue weighted by Gasteiger charge is 2.15. The highest BCUT2D eigenvalue weighted by atomic mass is 79.9. The molecule has 2 aromatic carbocycles. The summed E-state index contributed by atoms with van der Waals surface area (Å²) in [7, 11) is 0. The van der Waals surface area contributed by atoms with Crippen molar-refractivity contribution in [2.75, 3.05) is 0 Å². The van der Waals surface area contributed by atoms with Crippen LogP contribution in [0.5, 0.6) is 0 Å². The van der Waals surface area contributed by atoms with Crippen molar-refractivity contribution in [1.29, 1.82) is 5.26 Å². The molecule has 21 heavy (non-hydrogen) atoms. The first-order chi connectivity index (χ1) is 10.1. The molecule has 0 saturated heterocycles. The van der Waals surface area contributed by atoms with E-state index in [1.54, 1.807) is 47.3 Å². The fourth-order valence-electron chi connectivity index (χ4n) is 2.19. The lowest BCUT2D eigenvalue weighted by molar-refractivity contribution is 0.0698. The molecule has 0 aliphatic carbocycles. The van der Waals surface area contributed by atoms with Gasteiger partial charge in [0.25, 0.3) is 0 Å². The first kappa shape index (κ1) is 13.3. The first-order valence-electron chi connectivity index (χ1n) is 6.01. The molecule has 0 atom stereocenters. The van der Waals surface area contributed by atoms with Crippen LogP contribution in [-0.2, 0) is 0 Å². The second kappa shape index (κ2) is 5.04. The van der Waals surface area contributed by atoms with Gasteiger partial charge in [-0.15, -0.1) is 0 Å². The van der Waals surface area contributed by atoms with Gasteiger partial charge in [0.05, 0.1) is 33.9 Å². The summed E-state index contributed by atoms with van der Waals surface area (Å²) in [4.78, 5) is 15.6. The molecule has 1 N–H and O–H groups in total. The van der Waals surface area contributed by atoms with Crippen molar-refractivity contribution >= 4 is 32.9 Å². The number of halogens is 1. The summed E-state index contributed by atoms with van der Waals surface area (Å²) in [6.45, 7) is 0. The van der Waals surface area contributed by atoms with Gasteiger partial charge >= 0.3 is 5.97 Å². The topological polar surface area (TPSA) is 78.9 Å². The Bertz CT molecular complexity index is 909. The molecule has 0 bridgehead atoms.